The number of ether oxygens (including phenoxy) is 1. The lowest BCUT2D eigenvalue weighted by atomic mass is 10.2. The third-order valence-corrected chi connectivity index (χ3v) is 5.62. The van der Waals surface area contributed by atoms with E-state index in [4.69, 9.17) is 4.74 Å². The zero-order valence-electron chi connectivity index (χ0n) is 13.8. The fraction of sp³-hybridized carbons (Fsp3) is 0.562. The van der Waals surface area contributed by atoms with Crippen LogP contribution in [0.2, 0.25) is 0 Å². The molecule has 1 aromatic carbocycles. The SMILES string of the molecule is CCOc1ccc(S(=O)(=O)N(CC)CC(=O)NC2CC2)cc1C. The molecule has 1 aliphatic carbocycles. The van der Waals surface area contributed by atoms with Crippen LogP contribution in [0, 0.1) is 6.92 Å². The summed E-state index contributed by atoms with van der Waals surface area (Å²) in [5, 5.41) is 2.81. The van der Waals surface area contributed by atoms with Gasteiger partial charge < -0.3 is 10.1 Å². The van der Waals surface area contributed by atoms with Crippen LogP contribution in [0.5, 0.6) is 5.75 Å². The second-order valence-corrected chi connectivity index (χ2v) is 7.57. The Bertz CT molecular complexity index is 669. The molecule has 23 heavy (non-hydrogen) atoms. The summed E-state index contributed by atoms with van der Waals surface area (Å²) in [6.07, 6.45) is 1.95. The zero-order chi connectivity index (χ0) is 17.0. The van der Waals surface area contributed by atoms with Gasteiger partial charge in [0.25, 0.3) is 0 Å². The Labute approximate surface area is 137 Å². The molecule has 1 amide bonds. The molecular weight excluding hydrogens is 316 g/mol. The highest BCUT2D eigenvalue weighted by Crippen LogP contribution is 2.24. The summed E-state index contributed by atoms with van der Waals surface area (Å²) in [4.78, 5) is 12.1. The summed E-state index contributed by atoms with van der Waals surface area (Å²) in [7, 11) is -3.70. The molecule has 0 radical (unpaired) electrons. The van der Waals surface area contributed by atoms with Gasteiger partial charge in [0.15, 0.2) is 0 Å². The van der Waals surface area contributed by atoms with Gasteiger partial charge in [0.05, 0.1) is 18.0 Å². The molecule has 1 aliphatic rings. The molecule has 0 bridgehead atoms. The Kier molecular flexibility index (Phi) is 5.64. The van der Waals surface area contributed by atoms with Crippen LogP contribution in [0.3, 0.4) is 0 Å². The number of nitrogens with one attached hydrogen (secondary N) is 1. The first kappa shape index (κ1) is 17.7. The largest absolute Gasteiger partial charge is 0.494 e. The number of carbonyl (C=O) groups is 1. The van der Waals surface area contributed by atoms with Crippen LogP contribution in [0.4, 0.5) is 0 Å². The molecule has 7 heteroatoms. The second-order valence-electron chi connectivity index (χ2n) is 5.63. The molecule has 1 fully saturated rings. The lowest BCUT2D eigenvalue weighted by Gasteiger charge is -2.20. The fourth-order valence-electron chi connectivity index (χ4n) is 2.28. The van der Waals surface area contributed by atoms with Crippen molar-refractivity contribution in [3.63, 3.8) is 0 Å². The Morgan fingerprint density at radius 2 is 2.04 bits per heavy atom. The first-order chi connectivity index (χ1) is 10.9. The van der Waals surface area contributed by atoms with Crippen LogP contribution in [-0.4, -0.2) is 44.4 Å². The van der Waals surface area contributed by atoms with Crippen LogP contribution in [-0.2, 0) is 14.8 Å². The topological polar surface area (TPSA) is 75.7 Å². The molecule has 6 nitrogen and oxygen atoms in total. The van der Waals surface area contributed by atoms with Crippen LogP contribution in [0.1, 0.15) is 32.3 Å². The van der Waals surface area contributed by atoms with Gasteiger partial charge in [-0.3, -0.25) is 4.79 Å². The number of amides is 1. The second kappa shape index (κ2) is 7.31. The standard InChI is InChI=1S/C16H24N2O4S/c1-4-18(11-16(19)17-13-6-7-13)23(20,21)14-8-9-15(22-5-2)12(3)10-14/h8-10,13H,4-7,11H2,1-3H3,(H,17,19). The van der Waals surface area contributed by atoms with Crippen molar-refractivity contribution in [2.24, 2.45) is 0 Å². The van der Waals surface area contributed by atoms with Gasteiger partial charge in [-0.15, -0.1) is 0 Å². The number of hydrogen-bond acceptors (Lipinski definition) is 4. The van der Waals surface area contributed by atoms with E-state index in [-0.39, 0.29) is 29.9 Å². The van der Waals surface area contributed by atoms with Crippen molar-refractivity contribution >= 4 is 15.9 Å². The number of hydrogen-bond donors (Lipinski definition) is 1. The van der Waals surface area contributed by atoms with Gasteiger partial charge >= 0.3 is 0 Å². The van der Waals surface area contributed by atoms with Gasteiger partial charge in [-0.05, 0) is 50.5 Å². The molecule has 0 heterocycles. The summed E-state index contributed by atoms with van der Waals surface area (Å²) in [5.41, 5.74) is 0.756. The van der Waals surface area contributed by atoms with Crippen molar-refractivity contribution in [1.82, 2.24) is 9.62 Å². The van der Waals surface area contributed by atoms with Gasteiger partial charge in [0, 0.05) is 12.6 Å². The first-order valence-corrected chi connectivity index (χ1v) is 9.35. The van der Waals surface area contributed by atoms with E-state index < -0.39 is 10.0 Å². The minimum Gasteiger partial charge on any atom is -0.494 e. The molecule has 0 spiro atoms. The van der Waals surface area contributed by atoms with E-state index in [2.05, 4.69) is 5.32 Å². The van der Waals surface area contributed by atoms with E-state index in [9.17, 15) is 13.2 Å². The van der Waals surface area contributed by atoms with Crippen molar-refractivity contribution in [1.29, 1.82) is 0 Å². The van der Waals surface area contributed by atoms with E-state index in [0.29, 0.717) is 12.4 Å². The summed E-state index contributed by atoms with van der Waals surface area (Å²) in [5.74, 6) is 0.418. The van der Waals surface area contributed by atoms with Crippen LogP contribution in [0.25, 0.3) is 0 Å². The molecule has 1 aromatic rings. The Hall–Kier alpha value is -1.60. The van der Waals surface area contributed by atoms with Crippen molar-refractivity contribution in [2.45, 2.75) is 44.6 Å². The third-order valence-electron chi connectivity index (χ3n) is 3.70. The van der Waals surface area contributed by atoms with Gasteiger partial charge in [-0.2, -0.15) is 4.31 Å². The minimum atomic E-state index is -3.70. The van der Waals surface area contributed by atoms with E-state index in [1.54, 1.807) is 26.0 Å². The van der Waals surface area contributed by atoms with Crippen molar-refractivity contribution < 1.29 is 17.9 Å². The van der Waals surface area contributed by atoms with Crippen LogP contribution in [0.15, 0.2) is 23.1 Å². The molecule has 1 saturated carbocycles. The zero-order valence-corrected chi connectivity index (χ0v) is 14.6. The van der Waals surface area contributed by atoms with Crippen LogP contribution >= 0.6 is 0 Å². The van der Waals surface area contributed by atoms with Crippen molar-refractivity contribution in [2.75, 3.05) is 19.7 Å². The number of nitrogens with zero attached hydrogens (tertiary/aromatic N) is 1. The maximum atomic E-state index is 12.7. The van der Waals surface area contributed by atoms with Gasteiger partial charge in [0.2, 0.25) is 15.9 Å². The lowest BCUT2D eigenvalue weighted by molar-refractivity contribution is -0.121. The van der Waals surface area contributed by atoms with Crippen LogP contribution < -0.4 is 10.1 Å². The predicted octanol–water partition coefficient (Wildman–Crippen LogP) is 1.68. The normalized spacial score (nSPS) is 14.8. The molecule has 0 unspecified atom stereocenters. The molecule has 0 aliphatic heterocycles. The number of rotatable bonds is 8. The van der Waals surface area contributed by atoms with Gasteiger partial charge in [-0.1, -0.05) is 6.92 Å². The highest BCUT2D eigenvalue weighted by molar-refractivity contribution is 7.89. The number of likely N-dealkylation sites (N-methyl/N-ethyl adjacent to an activating group) is 1. The Morgan fingerprint density at radius 3 is 2.57 bits per heavy atom. The van der Waals surface area contributed by atoms with Gasteiger partial charge in [-0.25, -0.2) is 8.42 Å². The van der Waals surface area contributed by atoms with Crippen molar-refractivity contribution in [3.8, 4) is 5.75 Å². The fourth-order valence-corrected chi connectivity index (χ4v) is 3.77. The average molecular weight is 340 g/mol. The van der Waals surface area contributed by atoms with E-state index in [0.717, 1.165) is 18.4 Å². The molecular formula is C16H24N2O4S. The Balaban J connectivity index is 2.16. The number of sulfonamides is 1. The third kappa shape index (κ3) is 4.45. The molecule has 1 N–H and O–H groups in total. The summed E-state index contributed by atoms with van der Waals surface area (Å²) >= 11 is 0. The van der Waals surface area contributed by atoms with E-state index in [1.165, 1.54) is 10.4 Å². The summed E-state index contributed by atoms with van der Waals surface area (Å²) in [6, 6.07) is 4.98. The molecule has 0 atom stereocenters. The maximum absolute atomic E-state index is 12.7. The molecule has 0 saturated heterocycles. The number of aryl methyl sites for hydroxylation is 1. The van der Waals surface area contributed by atoms with E-state index in [1.807, 2.05) is 6.92 Å². The molecule has 2 rings (SSSR count). The van der Waals surface area contributed by atoms with Gasteiger partial charge in [0.1, 0.15) is 5.75 Å². The van der Waals surface area contributed by atoms with E-state index >= 15 is 0 Å². The predicted molar refractivity (Wildman–Crippen MR) is 87.9 cm³/mol. The Morgan fingerprint density at radius 1 is 1.35 bits per heavy atom. The maximum Gasteiger partial charge on any atom is 0.243 e. The minimum absolute atomic E-state index is 0.151. The molecule has 128 valence electrons. The number of carbonyl (C=O) groups excluding carboxylic acids is 1. The monoisotopic (exact) mass is 340 g/mol. The lowest BCUT2D eigenvalue weighted by Crippen LogP contribution is -2.41. The number of benzene rings is 1. The smallest absolute Gasteiger partial charge is 0.243 e. The first-order valence-electron chi connectivity index (χ1n) is 7.91. The molecule has 0 aromatic heterocycles. The van der Waals surface area contributed by atoms with Crippen molar-refractivity contribution in [3.05, 3.63) is 23.8 Å². The summed E-state index contributed by atoms with van der Waals surface area (Å²) in [6.45, 7) is 6.02. The highest BCUT2D eigenvalue weighted by atomic mass is 32.2. The summed E-state index contributed by atoms with van der Waals surface area (Å²) < 4.78 is 32.1. The highest BCUT2D eigenvalue weighted by Gasteiger charge is 2.28. The average Bonchev–Trinajstić information content (AvgIpc) is 3.30. The quantitative estimate of drug-likeness (QED) is 0.781.